The fourth-order valence-electron chi connectivity index (χ4n) is 2.18. The second-order valence-electron chi connectivity index (χ2n) is 4.33. The van der Waals surface area contributed by atoms with Crippen molar-refractivity contribution in [1.29, 1.82) is 0 Å². The molecule has 1 N–H and O–H groups in total. The van der Waals surface area contributed by atoms with Gasteiger partial charge in [0.05, 0.1) is 16.8 Å². The molecule has 0 bridgehead atoms. The molecular weight excluding hydrogens is 271 g/mol. The SMILES string of the molecule is Fc1c(Cl)cccc1-c1nc(C2CCCN2)cs1. The van der Waals surface area contributed by atoms with Crippen molar-refractivity contribution in [3.63, 3.8) is 0 Å². The maximum atomic E-state index is 13.9. The fraction of sp³-hybridized carbons (Fsp3) is 0.308. The first kappa shape index (κ1) is 12.1. The topological polar surface area (TPSA) is 24.9 Å². The minimum Gasteiger partial charge on any atom is -0.309 e. The van der Waals surface area contributed by atoms with Gasteiger partial charge >= 0.3 is 0 Å². The largest absolute Gasteiger partial charge is 0.309 e. The smallest absolute Gasteiger partial charge is 0.152 e. The van der Waals surface area contributed by atoms with E-state index in [-0.39, 0.29) is 10.8 Å². The third-order valence-electron chi connectivity index (χ3n) is 3.12. The molecule has 2 aromatic rings. The van der Waals surface area contributed by atoms with E-state index in [1.165, 1.54) is 17.8 Å². The molecule has 1 aromatic carbocycles. The lowest BCUT2D eigenvalue weighted by Crippen LogP contribution is -2.12. The molecule has 0 radical (unpaired) electrons. The second-order valence-corrected chi connectivity index (χ2v) is 5.59. The molecule has 0 aliphatic carbocycles. The molecule has 1 unspecified atom stereocenters. The zero-order valence-electron chi connectivity index (χ0n) is 9.62. The molecule has 18 heavy (non-hydrogen) atoms. The van der Waals surface area contributed by atoms with Gasteiger partial charge in [-0.3, -0.25) is 0 Å². The summed E-state index contributed by atoms with van der Waals surface area (Å²) < 4.78 is 13.9. The summed E-state index contributed by atoms with van der Waals surface area (Å²) in [6.07, 6.45) is 2.27. The number of nitrogens with one attached hydrogen (secondary N) is 1. The minimum absolute atomic E-state index is 0.142. The highest BCUT2D eigenvalue weighted by Crippen LogP contribution is 2.32. The molecule has 1 fully saturated rings. The summed E-state index contributed by atoms with van der Waals surface area (Å²) in [6.45, 7) is 1.03. The minimum atomic E-state index is -0.389. The lowest BCUT2D eigenvalue weighted by Gasteiger charge is -2.05. The highest BCUT2D eigenvalue weighted by atomic mass is 35.5. The van der Waals surface area contributed by atoms with E-state index in [1.807, 2.05) is 5.38 Å². The number of thiazole rings is 1. The van der Waals surface area contributed by atoms with E-state index in [9.17, 15) is 4.39 Å². The molecule has 5 heteroatoms. The molecule has 1 saturated heterocycles. The molecule has 2 nitrogen and oxygen atoms in total. The fourth-order valence-corrected chi connectivity index (χ4v) is 3.24. The van der Waals surface area contributed by atoms with E-state index >= 15 is 0 Å². The maximum absolute atomic E-state index is 13.9. The van der Waals surface area contributed by atoms with Crippen LogP contribution in [0.3, 0.4) is 0 Å². The van der Waals surface area contributed by atoms with Gasteiger partial charge in [0, 0.05) is 10.9 Å². The van der Waals surface area contributed by atoms with E-state index in [2.05, 4.69) is 10.3 Å². The summed E-state index contributed by atoms with van der Waals surface area (Å²) >= 11 is 7.25. The molecule has 1 aliphatic rings. The van der Waals surface area contributed by atoms with Crippen LogP contribution < -0.4 is 5.32 Å². The number of hydrogen-bond donors (Lipinski definition) is 1. The standard InChI is InChI=1S/C13H12ClFN2S/c14-9-4-1-3-8(12(9)15)13-17-11(7-18-13)10-5-2-6-16-10/h1,3-4,7,10,16H,2,5-6H2. The van der Waals surface area contributed by atoms with Crippen LogP contribution in [-0.2, 0) is 0 Å². The summed E-state index contributed by atoms with van der Waals surface area (Å²) in [5, 5.41) is 6.22. The van der Waals surface area contributed by atoms with Crippen molar-refractivity contribution in [2.45, 2.75) is 18.9 Å². The van der Waals surface area contributed by atoms with Crippen LogP contribution in [0.2, 0.25) is 5.02 Å². The van der Waals surface area contributed by atoms with Gasteiger partial charge in [0.25, 0.3) is 0 Å². The summed E-state index contributed by atoms with van der Waals surface area (Å²) in [5.41, 5.74) is 1.49. The number of benzene rings is 1. The van der Waals surface area contributed by atoms with Crippen molar-refractivity contribution in [3.05, 3.63) is 40.1 Å². The zero-order chi connectivity index (χ0) is 12.5. The average Bonchev–Trinajstić information content (AvgIpc) is 3.01. The van der Waals surface area contributed by atoms with Gasteiger partial charge in [0.1, 0.15) is 5.01 Å². The Balaban J connectivity index is 1.95. The maximum Gasteiger partial charge on any atom is 0.152 e. The van der Waals surface area contributed by atoms with Gasteiger partial charge in [-0.1, -0.05) is 17.7 Å². The predicted molar refractivity (Wildman–Crippen MR) is 72.5 cm³/mol. The Labute approximate surface area is 114 Å². The van der Waals surface area contributed by atoms with E-state index in [0.717, 1.165) is 18.7 Å². The lowest BCUT2D eigenvalue weighted by atomic mass is 10.2. The summed E-state index contributed by atoms with van der Waals surface area (Å²) in [4.78, 5) is 4.52. The Morgan fingerprint density at radius 1 is 1.44 bits per heavy atom. The number of nitrogens with zero attached hydrogens (tertiary/aromatic N) is 1. The van der Waals surface area contributed by atoms with Crippen molar-refractivity contribution in [2.75, 3.05) is 6.54 Å². The highest BCUT2D eigenvalue weighted by molar-refractivity contribution is 7.13. The van der Waals surface area contributed by atoms with Crippen LogP contribution in [0.5, 0.6) is 0 Å². The van der Waals surface area contributed by atoms with Gasteiger partial charge in [0.2, 0.25) is 0 Å². The average molecular weight is 283 g/mol. The lowest BCUT2D eigenvalue weighted by molar-refractivity contribution is 0.626. The summed E-state index contributed by atoms with van der Waals surface area (Å²) in [6, 6.07) is 5.33. The quantitative estimate of drug-likeness (QED) is 0.900. The van der Waals surface area contributed by atoms with Gasteiger partial charge in [0.15, 0.2) is 5.82 Å². The van der Waals surface area contributed by atoms with E-state index in [4.69, 9.17) is 11.6 Å². The van der Waals surface area contributed by atoms with E-state index < -0.39 is 0 Å². The zero-order valence-corrected chi connectivity index (χ0v) is 11.2. The summed E-state index contributed by atoms with van der Waals surface area (Å²) in [5.74, 6) is -0.389. The van der Waals surface area contributed by atoms with Crippen LogP contribution in [0.25, 0.3) is 10.6 Å². The first-order chi connectivity index (χ1) is 8.75. The Kier molecular flexibility index (Phi) is 3.33. The van der Waals surface area contributed by atoms with Crippen LogP contribution in [0.15, 0.2) is 23.6 Å². The monoisotopic (exact) mass is 282 g/mol. The van der Waals surface area contributed by atoms with Crippen molar-refractivity contribution in [1.82, 2.24) is 10.3 Å². The third-order valence-corrected chi connectivity index (χ3v) is 4.31. The molecule has 1 aromatic heterocycles. The summed E-state index contributed by atoms with van der Waals surface area (Å²) in [7, 11) is 0. The van der Waals surface area contributed by atoms with Crippen LogP contribution in [0, 0.1) is 5.82 Å². The molecular formula is C13H12ClFN2S. The highest BCUT2D eigenvalue weighted by Gasteiger charge is 2.20. The van der Waals surface area contributed by atoms with Gasteiger partial charge < -0.3 is 5.32 Å². The Hall–Kier alpha value is -0.970. The van der Waals surface area contributed by atoms with Crippen LogP contribution in [-0.4, -0.2) is 11.5 Å². The van der Waals surface area contributed by atoms with Crippen LogP contribution >= 0.6 is 22.9 Å². The van der Waals surface area contributed by atoms with Crippen molar-refractivity contribution in [2.24, 2.45) is 0 Å². The molecule has 1 atom stereocenters. The number of halogens is 2. The van der Waals surface area contributed by atoms with Gasteiger partial charge in [-0.15, -0.1) is 11.3 Å². The molecule has 0 spiro atoms. The second kappa shape index (κ2) is 4.96. The molecule has 1 aliphatic heterocycles. The first-order valence-electron chi connectivity index (χ1n) is 5.89. The Morgan fingerprint density at radius 2 is 2.33 bits per heavy atom. The van der Waals surface area contributed by atoms with Gasteiger partial charge in [-0.05, 0) is 31.5 Å². The number of rotatable bonds is 2. The normalized spacial score (nSPS) is 19.3. The molecule has 0 saturated carbocycles. The van der Waals surface area contributed by atoms with Crippen molar-refractivity contribution < 1.29 is 4.39 Å². The molecule has 3 rings (SSSR count). The number of hydrogen-bond acceptors (Lipinski definition) is 3. The van der Waals surface area contributed by atoms with E-state index in [1.54, 1.807) is 18.2 Å². The molecule has 2 heterocycles. The Bertz CT molecular complexity index is 564. The third kappa shape index (κ3) is 2.16. The first-order valence-corrected chi connectivity index (χ1v) is 7.14. The van der Waals surface area contributed by atoms with Gasteiger partial charge in [-0.25, -0.2) is 9.37 Å². The Morgan fingerprint density at radius 3 is 3.11 bits per heavy atom. The molecule has 94 valence electrons. The van der Waals surface area contributed by atoms with Crippen molar-refractivity contribution in [3.8, 4) is 10.6 Å². The molecule has 0 amide bonds. The number of aromatic nitrogens is 1. The van der Waals surface area contributed by atoms with Crippen LogP contribution in [0.1, 0.15) is 24.6 Å². The van der Waals surface area contributed by atoms with E-state index in [0.29, 0.717) is 16.6 Å². The van der Waals surface area contributed by atoms with Crippen LogP contribution in [0.4, 0.5) is 4.39 Å². The van der Waals surface area contributed by atoms with Gasteiger partial charge in [-0.2, -0.15) is 0 Å². The predicted octanol–water partition coefficient (Wildman–Crippen LogP) is 4.03. The van der Waals surface area contributed by atoms with Crippen molar-refractivity contribution >= 4 is 22.9 Å².